The quantitative estimate of drug-likeness (QED) is 0.232. The largest absolute Gasteiger partial charge is 0.494 e. The standard InChI is InChI=1S/C31H34N2O6/c1-4-7-18-38-25-17-16-21(19-26(25)37-6-3)28-27-29(39-33(28)22-12-9-8-10-13-22)31(35)32(30(27)34)23-14-11-15-24(20-23)36-5-2/h8-17,19-20,27-29H,4-7,18H2,1-3H3. The number of fused-ring (bicyclic) bond motifs is 1. The molecule has 204 valence electrons. The Kier molecular flexibility index (Phi) is 8.02. The number of unbranched alkanes of at least 4 members (excludes halogenated alkanes) is 1. The molecular weight excluding hydrogens is 496 g/mol. The van der Waals surface area contributed by atoms with E-state index in [1.54, 1.807) is 29.3 Å². The second kappa shape index (κ2) is 11.8. The predicted molar refractivity (Wildman–Crippen MR) is 148 cm³/mol. The van der Waals surface area contributed by atoms with E-state index >= 15 is 0 Å². The Balaban J connectivity index is 1.54. The number of ether oxygens (including phenoxy) is 3. The number of amides is 2. The molecular formula is C31H34N2O6. The van der Waals surface area contributed by atoms with E-state index in [0.717, 1.165) is 24.1 Å². The summed E-state index contributed by atoms with van der Waals surface area (Å²) in [5.41, 5.74) is 2.01. The zero-order chi connectivity index (χ0) is 27.4. The van der Waals surface area contributed by atoms with E-state index in [-0.39, 0.29) is 5.91 Å². The number of nitrogens with zero attached hydrogens (tertiary/aromatic N) is 2. The summed E-state index contributed by atoms with van der Waals surface area (Å²) in [6.45, 7) is 7.45. The minimum atomic E-state index is -0.963. The molecule has 0 bridgehead atoms. The van der Waals surface area contributed by atoms with Crippen molar-refractivity contribution in [1.82, 2.24) is 0 Å². The molecule has 0 N–H and O–H groups in total. The van der Waals surface area contributed by atoms with Gasteiger partial charge in [0.25, 0.3) is 5.91 Å². The van der Waals surface area contributed by atoms with E-state index in [9.17, 15) is 9.59 Å². The minimum absolute atomic E-state index is 0.316. The van der Waals surface area contributed by atoms with Crippen LogP contribution in [0.1, 0.15) is 45.2 Å². The lowest BCUT2D eigenvalue weighted by Crippen LogP contribution is -2.37. The average Bonchev–Trinajstić information content (AvgIpc) is 3.46. The van der Waals surface area contributed by atoms with Crippen molar-refractivity contribution in [3.63, 3.8) is 0 Å². The van der Waals surface area contributed by atoms with Crippen molar-refractivity contribution in [3.8, 4) is 17.2 Å². The second-order valence-corrected chi connectivity index (χ2v) is 9.44. The van der Waals surface area contributed by atoms with Gasteiger partial charge in [-0.05, 0) is 62.2 Å². The number of carbonyl (C=O) groups excluding carboxylic acids is 2. The number of imide groups is 1. The van der Waals surface area contributed by atoms with Crippen LogP contribution in [0.5, 0.6) is 17.2 Å². The van der Waals surface area contributed by atoms with Gasteiger partial charge < -0.3 is 14.2 Å². The van der Waals surface area contributed by atoms with Gasteiger partial charge in [0, 0.05) is 6.07 Å². The first-order valence-corrected chi connectivity index (χ1v) is 13.6. The Morgan fingerprint density at radius 3 is 2.28 bits per heavy atom. The van der Waals surface area contributed by atoms with Crippen LogP contribution in [0.2, 0.25) is 0 Å². The van der Waals surface area contributed by atoms with Crippen LogP contribution in [0.25, 0.3) is 0 Å². The number of anilines is 2. The van der Waals surface area contributed by atoms with Gasteiger partial charge in [0.1, 0.15) is 11.7 Å². The maximum absolute atomic E-state index is 14.0. The molecule has 2 fully saturated rings. The van der Waals surface area contributed by atoms with Crippen LogP contribution in [0, 0.1) is 5.92 Å². The molecule has 0 aliphatic carbocycles. The van der Waals surface area contributed by atoms with Gasteiger partial charge in [0.2, 0.25) is 5.91 Å². The summed E-state index contributed by atoms with van der Waals surface area (Å²) >= 11 is 0. The monoisotopic (exact) mass is 530 g/mol. The Bertz CT molecular complexity index is 1310. The van der Waals surface area contributed by atoms with Gasteiger partial charge in [-0.3, -0.25) is 14.4 Å². The van der Waals surface area contributed by atoms with E-state index < -0.39 is 24.0 Å². The van der Waals surface area contributed by atoms with E-state index in [4.69, 9.17) is 19.0 Å². The average molecular weight is 531 g/mol. The van der Waals surface area contributed by atoms with Crippen molar-refractivity contribution in [2.45, 2.75) is 45.8 Å². The molecule has 3 unspecified atom stereocenters. The Morgan fingerprint density at radius 1 is 0.769 bits per heavy atom. The zero-order valence-corrected chi connectivity index (χ0v) is 22.5. The first-order chi connectivity index (χ1) is 19.1. The number of para-hydroxylation sites is 1. The molecule has 5 rings (SSSR count). The van der Waals surface area contributed by atoms with Crippen molar-refractivity contribution in [2.75, 3.05) is 29.8 Å². The van der Waals surface area contributed by atoms with Crippen LogP contribution in [0.4, 0.5) is 11.4 Å². The van der Waals surface area contributed by atoms with Crippen LogP contribution >= 0.6 is 0 Å². The number of hydrogen-bond donors (Lipinski definition) is 0. The molecule has 2 saturated heterocycles. The molecule has 3 aromatic carbocycles. The Labute approximate surface area is 229 Å². The first kappa shape index (κ1) is 26.6. The maximum Gasteiger partial charge on any atom is 0.266 e. The fourth-order valence-electron chi connectivity index (χ4n) is 5.11. The summed E-state index contributed by atoms with van der Waals surface area (Å²) in [6.07, 6.45) is 0.998. The normalized spacial score (nSPS) is 20.3. The van der Waals surface area contributed by atoms with Gasteiger partial charge in [0.15, 0.2) is 17.6 Å². The second-order valence-electron chi connectivity index (χ2n) is 9.44. The third-order valence-electron chi connectivity index (χ3n) is 6.88. The van der Waals surface area contributed by atoms with Gasteiger partial charge in [-0.1, -0.05) is 43.7 Å². The van der Waals surface area contributed by atoms with Crippen molar-refractivity contribution in [1.29, 1.82) is 0 Å². The third kappa shape index (κ3) is 5.16. The van der Waals surface area contributed by atoms with Crippen molar-refractivity contribution in [2.24, 2.45) is 5.92 Å². The van der Waals surface area contributed by atoms with Crippen molar-refractivity contribution in [3.05, 3.63) is 78.4 Å². The molecule has 2 heterocycles. The van der Waals surface area contributed by atoms with Crippen molar-refractivity contribution < 1.29 is 28.6 Å². The summed E-state index contributed by atoms with van der Waals surface area (Å²) in [5, 5.41) is 1.68. The fourth-order valence-corrected chi connectivity index (χ4v) is 5.11. The smallest absolute Gasteiger partial charge is 0.266 e. The molecule has 2 aliphatic heterocycles. The molecule has 3 atom stereocenters. The summed E-state index contributed by atoms with van der Waals surface area (Å²) in [7, 11) is 0. The highest BCUT2D eigenvalue weighted by Gasteiger charge is 2.60. The van der Waals surface area contributed by atoms with Crippen LogP contribution in [0.15, 0.2) is 72.8 Å². The molecule has 2 aliphatic rings. The van der Waals surface area contributed by atoms with Crippen LogP contribution in [-0.2, 0) is 14.4 Å². The molecule has 8 nitrogen and oxygen atoms in total. The van der Waals surface area contributed by atoms with Crippen LogP contribution in [-0.4, -0.2) is 37.7 Å². The fraction of sp³-hybridized carbons (Fsp3) is 0.355. The number of hydroxylamine groups is 1. The van der Waals surface area contributed by atoms with Crippen molar-refractivity contribution >= 4 is 23.2 Å². The molecule has 0 spiro atoms. The molecule has 0 radical (unpaired) electrons. The van der Waals surface area contributed by atoms with Crippen LogP contribution in [0.3, 0.4) is 0 Å². The molecule has 0 saturated carbocycles. The lowest BCUT2D eigenvalue weighted by molar-refractivity contribution is -0.126. The lowest BCUT2D eigenvalue weighted by Gasteiger charge is -2.29. The van der Waals surface area contributed by atoms with Gasteiger partial charge in [0.05, 0.1) is 37.2 Å². The molecule has 0 aromatic heterocycles. The first-order valence-electron chi connectivity index (χ1n) is 13.6. The summed E-state index contributed by atoms with van der Waals surface area (Å²) in [5.74, 6) is 0.375. The highest BCUT2D eigenvalue weighted by Crippen LogP contribution is 2.49. The molecule has 3 aromatic rings. The number of benzene rings is 3. The van der Waals surface area contributed by atoms with E-state index in [0.29, 0.717) is 42.8 Å². The number of carbonyl (C=O) groups is 2. The molecule has 39 heavy (non-hydrogen) atoms. The SMILES string of the molecule is CCCCOc1ccc(C2C3C(=O)N(c4cccc(OCC)c4)C(=O)C3ON2c2ccccc2)cc1OCC. The van der Waals surface area contributed by atoms with Gasteiger partial charge in [-0.2, -0.15) is 0 Å². The minimum Gasteiger partial charge on any atom is -0.494 e. The molecule has 2 amide bonds. The predicted octanol–water partition coefficient (Wildman–Crippen LogP) is 5.71. The zero-order valence-electron chi connectivity index (χ0n) is 22.5. The topological polar surface area (TPSA) is 77.5 Å². The lowest BCUT2D eigenvalue weighted by atomic mass is 9.90. The third-order valence-corrected chi connectivity index (χ3v) is 6.88. The van der Waals surface area contributed by atoms with Gasteiger partial charge in [-0.15, -0.1) is 0 Å². The van der Waals surface area contributed by atoms with Crippen LogP contribution < -0.4 is 24.2 Å². The maximum atomic E-state index is 14.0. The van der Waals surface area contributed by atoms with E-state index in [1.807, 2.05) is 62.4 Å². The molecule has 8 heteroatoms. The number of rotatable bonds is 11. The highest BCUT2D eigenvalue weighted by molar-refractivity contribution is 6.24. The summed E-state index contributed by atoms with van der Waals surface area (Å²) in [4.78, 5) is 35.1. The highest BCUT2D eigenvalue weighted by atomic mass is 16.7. The summed E-state index contributed by atoms with van der Waals surface area (Å²) < 4.78 is 17.5. The van der Waals surface area contributed by atoms with Gasteiger partial charge in [-0.25, -0.2) is 9.96 Å². The van der Waals surface area contributed by atoms with E-state index in [2.05, 4.69) is 6.92 Å². The summed E-state index contributed by atoms with van der Waals surface area (Å²) in [6, 6.07) is 21.7. The van der Waals surface area contributed by atoms with Gasteiger partial charge >= 0.3 is 0 Å². The Hall–Kier alpha value is -4.04. The number of hydrogen-bond acceptors (Lipinski definition) is 7. The Morgan fingerprint density at radius 2 is 1.54 bits per heavy atom. The van der Waals surface area contributed by atoms with E-state index in [1.165, 1.54) is 4.90 Å².